The van der Waals surface area contributed by atoms with Gasteiger partial charge in [0.25, 0.3) is 0 Å². The minimum atomic E-state index is 0.179. The first-order chi connectivity index (χ1) is 25.2. The Bertz CT molecular complexity index is 2680. The average molecular weight is 654 g/mol. The molecule has 0 atom stereocenters. The Balaban J connectivity index is 1.21. The van der Waals surface area contributed by atoms with Gasteiger partial charge in [0, 0.05) is 27.8 Å². The number of aromatic hydroxyl groups is 1. The van der Waals surface area contributed by atoms with Gasteiger partial charge < -0.3 is 5.11 Å². The van der Waals surface area contributed by atoms with Crippen LogP contribution in [-0.2, 0) is 0 Å². The second-order valence-electron chi connectivity index (χ2n) is 12.6. The van der Waals surface area contributed by atoms with E-state index < -0.39 is 0 Å². The summed E-state index contributed by atoms with van der Waals surface area (Å²) < 4.78 is 0. The quantitative estimate of drug-likeness (QED) is 0.194. The molecular weight excluding hydrogens is 623 g/mol. The molecule has 240 valence electrons. The van der Waals surface area contributed by atoms with Crippen molar-refractivity contribution in [3.8, 4) is 73.3 Å². The summed E-state index contributed by atoms with van der Waals surface area (Å²) in [4.78, 5) is 15.1. The van der Waals surface area contributed by atoms with Crippen LogP contribution in [0.2, 0.25) is 0 Å². The van der Waals surface area contributed by atoms with Crippen molar-refractivity contribution >= 4 is 21.5 Å². The van der Waals surface area contributed by atoms with E-state index in [4.69, 9.17) is 15.0 Å². The molecule has 0 fully saturated rings. The lowest BCUT2D eigenvalue weighted by Gasteiger charge is -2.17. The predicted molar refractivity (Wildman–Crippen MR) is 209 cm³/mol. The molecular formula is C47H31N3O. The highest BCUT2D eigenvalue weighted by atomic mass is 16.3. The van der Waals surface area contributed by atoms with E-state index >= 15 is 0 Å². The molecule has 0 unspecified atom stereocenters. The smallest absolute Gasteiger partial charge is 0.164 e. The summed E-state index contributed by atoms with van der Waals surface area (Å²) in [6, 6.07) is 61.6. The molecule has 0 saturated heterocycles. The minimum absolute atomic E-state index is 0.179. The van der Waals surface area contributed by atoms with Crippen LogP contribution in [0.4, 0.5) is 0 Å². The Kier molecular flexibility index (Phi) is 7.60. The van der Waals surface area contributed by atoms with Crippen molar-refractivity contribution < 1.29 is 5.11 Å². The maximum atomic E-state index is 12.2. The molecule has 0 saturated carbocycles. The Hall–Kier alpha value is -6.91. The molecule has 51 heavy (non-hydrogen) atoms. The molecule has 9 rings (SSSR count). The molecule has 0 aliphatic rings. The number of benzene rings is 8. The third kappa shape index (κ3) is 5.69. The first-order valence-electron chi connectivity index (χ1n) is 17.0. The highest BCUT2D eigenvalue weighted by molar-refractivity contribution is 6.01. The van der Waals surface area contributed by atoms with Crippen LogP contribution in [0.1, 0.15) is 0 Å². The Morgan fingerprint density at radius 2 is 0.843 bits per heavy atom. The average Bonchev–Trinajstić information content (AvgIpc) is 3.21. The maximum absolute atomic E-state index is 12.2. The van der Waals surface area contributed by atoms with Gasteiger partial charge >= 0.3 is 0 Å². The molecule has 0 spiro atoms. The lowest BCUT2D eigenvalue weighted by Crippen LogP contribution is -2.01. The monoisotopic (exact) mass is 653 g/mol. The Morgan fingerprint density at radius 3 is 1.59 bits per heavy atom. The SMILES string of the molecule is Oc1c(-c2cccc3ccccc23)ccc(-c2nc(-c3ccccc3)nc(-c3ccc(-c4ccc5ccccc5c4)cc3)n2)c1-c1ccccc1. The summed E-state index contributed by atoms with van der Waals surface area (Å²) in [5.41, 5.74) is 7.98. The van der Waals surface area contributed by atoms with E-state index in [0.717, 1.165) is 55.3 Å². The van der Waals surface area contributed by atoms with Gasteiger partial charge in [-0.05, 0) is 62.0 Å². The number of aromatic nitrogens is 3. The van der Waals surface area contributed by atoms with Gasteiger partial charge in [0.1, 0.15) is 5.75 Å². The number of nitrogens with zero attached hydrogens (tertiary/aromatic N) is 3. The molecule has 1 N–H and O–H groups in total. The van der Waals surface area contributed by atoms with Crippen LogP contribution in [0.25, 0.3) is 89.1 Å². The molecule has 0 aliphatic carbocycles. The summed E-state index contributed by atoms with van der Waals surface area (Å²) >= 11 is 0. The zero-order valence-corrected chi connectivity index (χ0v) is 27.6. The fourth-order valence-corrected chi connectivity index (χ4v) is 6.87. The van der Waals surface area contributed by atoms with E-state index in [1.54, 1.807) is 0 Å². The van der Waals surface area contributed by atoms with E-state index in [9.17, 15) is 5.11 Å². The normalized spacial score (nSPS) is 11.2. The molecule has 0 bridgehead atoms. The fraction of sp³-hybridized carbons (Fsp3) is 0. The zero-order chi connectivity index (χ0) is 34.1. The number of phenols is 1. The summed E-state index contributed by atoms with van der Waals surface area (Å²) in [6.45, 7) is 0. The van der Waals surface area contributed by atoms with Crippen LogP contribution >= 0.6 is 0 Å². The molecule has 4 nitrogen and oxygen atoms in total. The molecule has 8 aromatic carbocycles. The van der Waals surface area contributed by atoms with Crippen LogP contribution in [0.15, 0.2) is 182 Å². The summed E-state index contributed by atoms with van der Waals surface area (Å²) in [6.07, 6.45) is 0. The van der Waals surface area contributed by atoms with Crippen molar-refractivity contribution in [2.75, 3.05) is 0 Å². The van der Waals surface area contributed by atoms with Crippen LogP contribution in [0.3, 0.4) is 0 Å². The Labute approximate surface area is 296 Å². The van der Waals surface area contributed by atoms with Crippen molar-refractivity contribution in [3.63, 3.8) is 0 Å². The topological polar surface area (TPSA) is 58.9 Å². The largest absolute Gasteiger partial charge is 0.507 e. The molecule has 1 heterocycles. The highest BCUT2D eigenvalue weighted by Crippen LogP contribution is 2.45. The molecule has 4 heteroatoms. The standard InChI is InChI=1S/C47H31N3O/c51-44-41(40-21-11-19-33-13-9-10-20-39(33)40)28-29-42(43(44)34-14-3-1-4-15-34)47-49-45(35-16-5-2-6-17-35)48-46(50-47)36-25-22-32(23-26-36)38-27-24-31-12-7-8-18-37(31)30-38/h1-30,51H. The van der Waals surface area contributed by atoms with E-state index in [2.05, 4.69) is 91.0 Å². The second kappa shape index (κ2) is 12.8. The maximum Gasteiger partial charge on any atom is 0.164 e. The first kappa shape index (κ1) is 30.2. The summed E-state index contributed by atoms with van der Waals surface area (Å²) in [5.74, 6) is 1.78. The number of rotatable bonds is 6. The van der Waals surface area contributed by atoms with Crippen molar-refractivity contribution in [2.24, 2.45) is 0 Å². The number of hydrogen-bond acceptors (Lipinski definition) is 4. The minimum Gasteiger partial charge on any atom is -0.507 e. The predicted octanol–water partition coefficient (Wildman–Crippen LogP) is 11.9. The lowest BCUT2D eigenvalue weighted by atomic mass is 9.90. The first-order valence-corrected chi connectivity index (χ1v) is 17.0. The molecule has 0 radical (unpaired) electrons. The van der Waals surface area contributed by atoms with Crippen molar-refractivity contribution in [1.82, 2.24) is 15.0 Å². The second-order valence-corrected chi connectivity index (χ2v) is 12.6. The van der Waals surface area contributed by atoms with Crippen LogP contribution in [0, 0.1) is 0 Å². The lowest BCUT2D eigenvalue weighted by molar-refractivity contribution is 0.479. The van der Waals surface area contributed by atoms with Crippen LogP contribution in [0.5, 0.6) is 5.75 Å². The fourth-order valence-electron chi connectivity index (χ4n) is 6.87. The van der Waals surface area contributed by atoms with Crippen LogP contribution in [-0.4, -0.2) is 20.1 Å². The third-order valence-corrected chi connectivity index (χ3v) is 9.45. The van der Waals surface area contributed by atoms with Crippen molar-refractivity contribution in [2.45, 2.75) is 0 Å². The van der Waals surface area contributed by atoms with Gasteiger partial charge in [0.05, 0.1) is 0 Å². The van der Waals surface area contributed by atoms with Gasteiger partial charge in [0.2, 0.25) is 0 Å². The summed E-state index contributed by atoms with van der Waals surface area (Å²) in [5, 5.41) is 16.8. The highest BCUT2D eigenvalue weighted by Gasteiger charge is 2.21. The van der Waals surface area contributed by atoms with Crippen LogP contribution < -0.4 is 0 Å². The molecule has 0 aliphatic heterocycles. The van der Waals surface area contributed by atoms with E-state index in [-0.39, 0.29) is 5.75 Å². The van der Waals surface area contributed by atoms with Gasteiger partial charge in [-0.1, -0.05) is 164 Å². The van der Waals surface area contributed by atoms with Gasteiger partial charge in [-0.15, -0.1) is 0 Å². The van der Waals surface area contributed by atoms with Crippen molar-refractivity contribution in [1.29, 1.82) is 0 Å². The number of hydrogen-bond donors (Lipinski definition) is 1. The van der Waals surface area contributed by atoms with Gasteiger partial charge in [-0.2, -0.15) is 0 Å². The number of fused-ring (bicyclic) bond motifs is 2. The van der Waals surface area contributed by atoms with E-state index in [1.807, 2.05) is 91.0 Å². The van der Waals surface area contributed by atoms with E-state index in [0.29, 0.717) is 23.0 Å². The zero-order valence-electron chi connectivity index (χ0n) is 27.6. The van der Waals surface area contributed by atoms with Crippen molar-refractivity contribution in [3.05, 3.63) is 182 Å². The summed E-state index contributed by atoms with van der Waals surface area (Å²) in [7, 11) is 0. The van der Waals surface area contributed by atoms with Gasteiger partial charge in [-0.3, -0.25) is 0 Å². The molecule has 1 aromatic heterocycles. The Morgan fingerprint density at radius 1 is 0.314 bits per heavy atom. The third-order valence-electron chi connectivity index (χ3n) is 9.45. The molecule has 9 aromatic rings. The number of phenolic OH excluding ortho intramolecular Hbond substituents is 1. The van der Waals surface area contributed by atoms with Gasteiger partial charge in [-0.25, -0.2) is 15.0 Å². The van der Waals surface area contributed by atoms with Gasteiger partial charge in [0.15, 0.2) is 17.5 Å². The van der Waals surface area contributed by atoms with E-state index in [1.165, 1.54) is 10.8 Å². The molecule has 0 amide bonds.